The van der Waals surface area contributed by atoms with Crippen LogP contribution in [0, 0.1) is 0 Å². The molecule has 0 fully saturated rings. The molecule has 4 rings (SSSR count). The van der Waals surface area contributed by atoms with Gasteiger partial charge in [-0.3, -0.25) is 0 Å². The van der Waals surface area contributed by atoms with E-state index in [1.807, 2.05) is 36.5 Å². The van der Waals surface area contributed by atoms with Crippen molar-refractivity contribution in [2.75, 3.05) is 0 Å². The second-order valence-corrected chi connectivity index (χ2v) is 5.49. The van der Waals surface area contributed by atoms with Crippen LogP contribution in [-0.2, 0) is 12.8 Å². The third-order valence-corrected chi connectivity index (χ3v) is 3.85. The lowest BCUT2D eigenvalue weighted by Crippen LogP contribution is -1.93. The maximum Gasteiger partial charge on any atom is 0.227 e. The second-order valence-electron chi connectivity index (χ2n) is 5.49. The van der Waals surface area contributed by atoms with Crippen LogP contribution in [0.3, 0.4) is 0 Å². The molecule has 0 aliphatic rings. The summed E-state index contributed by atoms with van der Waals surface area (Å²) in [5.74, 6) is 2.15. The Hall–Kier alpha value is -3.21. The number of aromatic nitrogens is 4. The Morgan fingerprint density at radius 2 is 1.58 bits per heavy atom. The summed E-state index contributed by atoms with van der Waals surface area (Å²) in [4.78, 5) is 11.7. The number of aromatic amines is 1. The highest BCUT2D eigenvalue weighted by Crippen LogP contribution is 2.23. The lowest BCUT2D eigenvalue weighted by molar-refractivity contribution is 0.378. The Kier molecular flexibility index (Phi) is 3.90. The van der Waals surface area contributed by atoms with Crippen LogP contribution >= 0.6 is 0 Å². The molecular weight excluding hydrogens is 300 g/mol. The van der Waals surface area contributed by atoms with E-state index in [2.05, 4.69) is 44.4 Å². The highest BCUT2D eigenvalue weighted by atomic mass is 16.5. The van der Waals surface area contributed by atoms with Gasteiger partial charge in [-0.1, -0.05) is 59.8 Å². The van der Waals surface area contributed by atoms with Crippen LogP contribution in [0.25, 0.3) is 22.5 Å². The number of imidazole rings is 1. The number of nitrogens with zero attached hydrogens (tertiary/aromatic N) is 3. The van der Waals surface area contributed by atoms with E-state index in [1.54, 1.807) is 6.20 Å². The molecule has 24 heavy (non-hydrogen) atoms. The Labute approximate surface area is 139 Å². The number of hydrogen-bond donors (Lipinski definition) is 1. The third-order valence-electron chi connectivity index (χ3n) is 3.85. The van der Waals surface area contributed by atoms with E-state index < -0.39 is 0 Å². The maximum atomic E-state index is 5.33. The predicted molar refractivity (Wildman–Crippen MR) is 91.2 cm³/mol. The van der Waals surface area contributed by atoms with Crippen molar-refractivity contribution in [3.05, 3.63) is 78.7 Å². The van der Waals surface area contributed by atoms with Crippen molar-refractivity contribution in [3.63, 3.8) is 0 Å². The highest BCUT2D eigenvalue weighted by molar-refractivity contribution is 5.67. The summed E-state index contributed by atoms with van der Waals surface area (Å²) >= 11 is 0. The first-order valence-electron chi connectivity index (χ1n) is 7.85. The monoisotopic (exact) mass is 316 g/mol. The summed E-state index contributed by atoms with van der Waals surface area (Å²) in [5, 5.41) is 4.07. The first-order chi connectivity index (χ1) is 11.9. The first kappa shape index (κ1) is 14.4. The van der Waals surface area contributed by atoms with Crippen LogP contribution in [0.1, 0.15) is 11.7 Å². The maximum absolute atomic E-state index is 5.33. The van der Waals surface area contributed by atoms with Crippen molar-refractivity contribution in [3.8, 4) is 22.5 Å². The number of aryl methyl sites for hydroxylation is 2. The summed E-state index contributed by atoms with van der Waals surface area (Å²) in [5.41, 5.74) is 3.31. The molecule has 0 spiro atoms. The van der Waals surface area contributed by atoms with E-state index in [9.17, 15) is 0 Å². The molecule has 1 N–H and O–H groups in total. The zero-order chi connectivity index (χ0) is 16.2. The molecule has 0 saturated carbocycles. The molecule has 0 aliphatic carbocycles. The van der Waals surface area contributed by atoms with Crippen molar-refractivity contribution < 1.29 is 4.52 Å². The van der Waals surface area contributed by atoms with Crippen molar-refractivity contribution in [1.29, 1.82) is 0 Å². The molecule has 0 radical (unpaired) electrons. The van der Waals surface area contributed by atoms with E-state index in [0.29, 0.717) is 18.1 Å². The molecule has 5 nitrogen and oxygen atoms in total. The molecule has 0 aliphatic heterocycles. The lowest BCUT2D eigenvalue weighted by Gasteiger charge is -2.01. The van der Waals surface area contributed by atoms with Gasteiger partial charge in [0.25, 0.3) is 0 Å². The number of rotatable bonds is 5. The Balaban J connectivity index is 1.48. The van der Waals surface area contributed by atoms with Crippen molar-refractivity contribution in [2.24, 2.45) is 0 Å². The van der Waals surface area contributed by atoms with E-state index in [-0.39, 0.29) is 0 Å². The number of nitrogens with one attached hydrogen (secondary N) is 1. The predicted octanol–water partition coefficient (Wildman–Crippen LogP) is 3.91. The van der Waals surface area contributed by atoms with Crippen molar-refractivity contribution in [2.45, 2.75) is 12.8 Å². The summed E-state index contributed by atoms with van der Waals surface area (Å²) in [7, 11) is 0. The normalized spacial score (nSPS) is 10.8. The van der Waals surface area contributed by atoms with E-state index in [0.717, 1.165) is 17.8 Å². The van der Waals surface area contributed by atoms with Crippen molar-refractivity contribution in [1.82, 2.24) is 20.1 Å². The minimum atomic E-state index is 0.615. The average Bonchev–Trinajstić information content (AvgIpc) is 3.33. The number of H-pyrrole nitrogens is 1. The first-order valence-corrected chi connectivity index (χ1v) is 7.85. The van der Waals surface area contributed by atoms with Crippen LogP contribution in [-0.4, -0.2) is 20.1 Å². The van der Waals surface area contributed by atoms with Gasteiger partial charge in [0.1, 0.15) is 5.82 Å². The SMILES string of the molecule is c1ccc(-c2ccc(-c3noc(CCc4ncc[nH]4)n3)cc2)cc1. The summed E-state index contributed by atoms with van der Waals surface area (Å²) in [6.07, 6.45) is 4.97. The Bertz CT molecular complexity index is 896. The van der Waals surface area contributed by atoms with Gasteiger partial charge in [0, 0.05) is 30.8 Å². The Morgan fingerprint density at radius 3 is 2.33 bits per heavy atom. The quantitative estimate of drug-likeness (QED) is 0.606. The molecule has 4 aromatic rings. The molecule has 118 valence electrons. The molecular formula is C19H16N4O. The topological polar surface area (TPSA) is 67.6 Å². The summed E-state index contributed by atoms with van der Waals surface area (Å²) < 4.78 is 5.33. The molecule has 0 amide bonds. The largest absolute Gasteiger partial charge is 0.349 e. The molecule has 2 aromatic carbocycles. The van der Waals surface area contributed by atoms with Gasteiger partial charge in [0.15, 0.2) is 0 Å². The van der Waals surface area contributed by atoms with Crippen LogP contribution < -0.4 is 0 Å². The molecule has 0 unspecified atom stereocenters. The minimum absolute atomic E-state index is 0.615. The number of benzene rings is 2. The van der Waals surface area contributed by atoms with Gasteiger partial charge in [-0.25, -0.2) is 4.98 Å². The fraction of sp³-hybridized carbons (Fsp3) is 0.105. The molecule has 5 heteroatoms. The Morgan fingerprint density at radius 1 is 0.833 bits per heavy atom. The second kappa shape index (κ2) is 6.50. The molecule has 0 bridgehead atoms. The molecule has 0 saturated heterocycles. The molecule has 0 atom stereocenters. The van der Waals surface area contributed by atoms with Crippen LogP contribution in [0.2, 0.25) is 0 Å². The molecule has 2 heterocycles. The lowest BCUT2D eigenvalue weighted by atomic mass is 10.0. The fourth-order valence-corrected chi connectivity index (χ4v) is 2.58. The van der Waals surface area contributed by atoms with E-state index in [1.165, 1.54) is 11.1 Å². The van der Waals surface area contributed by atoms with Gasteiger partial charge in [0.2, 0.25) is 11.7 Å². The van der Waals surface area contributed by atoms with Crippen LogP contribution in [0.5, 0.6) is 0 Å². The van der Waals surface area contributed by atoms with Gasteiger partial charge in [0.05, 0.1) is 0 Å². The smallest absolute Gasteiger partial charge is 0.227 e. The van der Waals surface area contributed by atoms with E-state index >= 15 is 0 Å². The summed E-state index contributed by atoms with van der Waals surface area (Å²) in [6, 6.07) is 18.5. The zero-order valence-corrected chi connectivity index (χ0v) is 13.0. The minimum Gasteiger partial charge on any atom is -0.349 e. The number of hydrogen-bond acceptors (Lipinski definition) is 4. The average molecular weight is 316 g/mol. The van der Waals surface area contributed by atoms with Gasteiger partial charge in [-0.2, -0.15) is 4.98 Å². The zero-order valence-electron chi connectivity index (χ0n) is 13.0. The van der Waals surface area contributed by atoms with Gasteiger partial charge >= 0.3 is 0 Å². The fourth-order valence-electron chi connectivity index (χ4n) is 2.58. The highest BCUT2D eigenvalue weighted by Gasteiger charge is 2.09. The standard InChI is InChI=1S/C19H16N4O/c1-2-4-14(5-3-1)15-6-8-16(9-7-15)19-22-18(24-23-19)11-10-17-20-12-13-21-17/h1-9,12-13H,10-11H2,(H,20,21). The third kappa shape index (κ3) is 3.10. The van der Waals surface area contributed by atoms with Gasteiger partial charge in [-0.15, -0.1) is 0 Å². The van der Waals surface area contributed by atoms with Gasteiger partial charge in [-0.05, 0) is 11.1 Å². The van der Waals surface area contributed by atoms with Crippen LogP contribution in [0.4, 0.5) is 0 Å². The molecule has 2 aromatic heterocycles. The van der Waals surface area contributed by atoms with Gasteiger partial charge < -0.3 is 9.51 Å². The van der Waals surface area contributed by atoms with Crippen molar-refractivity contribution >= 4 is 0 Å². The van der Waals surface area contributed by atoms with Crippen LogP contribution in [0.15, 0.2) is 71.5 Å². The van der Waals surface area contributed by atoms with E-state index in [4.69, 9.17) is 4.52 Å². The summed E-state index contributed by atoms with van der Waals surface area (Å²) in [6.45, 7) is 0.